The average Bonchev–Trinajstić information content (AvgIpc) is 3.15. The lowest BCUT2D eigenvalue weighted by molar-refractivity contribution is 0.0950. The first-order valence-corrected chi connectivity index (χ1v) is 8.99. The Morgan fingerprint density at radius 1 is 1.48 bits per heavy atom. The van der Waals surface area contributed by atoms with Gasteiger partial charge in [-0.1, -0.05) is 5.16 Å². The minimum Gasteiger partial charge on any atom is -0.342 e. The van der Waals surface area contributed by atoms with Crippen molar-refractivity contribution in [1.29, 1.82) is 0 Å². The highest BCUT2D eigenvalue weighted by molar-refractivity contribution is 7.99. The van der Waals surface area contributed by atoms with Crippen molar-refractivity contribution in [3.63, 3.8) is 0 Å². The molecule has 1 fully saturated rings. The van der Waals surface area contributed by atoms with Crippen LogP contribution < -0.4 is 5.32 Å². The van der Waals surface area contributed by atoms with E-state index < -0.39 is 0 Å². The molecule has 2 aromatic rings. The molecule has 0 radical (unpaired) electrons. The van der Waals surface area contributed by atoms with Crippen molar-refractivity contribution in [2.75, 3.05) is 11.5 Å². The summed E-state index contributed by atoms with van der Waals surface area (Å²) in [5, 5.41) is 8.83. The van der Waals surface area contributed by atoms with Crippen LogP contribution in [0.2, 0.25) is 0 Å². The number of carbonyl (C=O) groups is 1. The summed E-state index contributed by atoms with van der Waals surface area (Å²) in [4.78, 5) is 17.1. The zero-order valence-electron chi connectivity index (χ0n) is 11.8. The fourth-order valence-corrected chi connectivity index (χ4v) is 4.18. The molecule has 3 rings (SSSR count). The summed E-state index contributed by atoms with van der Waals surface area (Å²) in [6.07, 6.45) is 2.20. The number of carbonyl (C=O) groups excluding carboxylic acids is 1. The Hall–Kier alpha value is -1.34. The maximum atomic E-state index is 11.9. The summed E-state index contributed by atoms with van der Waals surface area (Å²) in [7, 11) is 0. The van der Waals surface area contributed by atoms with E-state index in [9.17, 15) is 4.79 Å². The van der Waals surface area contributed by atoms with Crippen molar-refractivity contribution in [3.8, 4) is 0 Å². The summed E-state index contributed by atoms with van der Waals surface area (Å²) >= 11 is 3.41. The molecule has 0 aromatic carbocycles. The fraction of sp³-hybridized carbons (Fsp3) is 0.500. The van der Waals surface area contributed by atoms with Gasteiger partial charge in [0.25, 0.3) is 5.91 Å². The van der Waals surface area contributed by atoms with E-state index >= 15 is 0 Å². The highest BCUT2D eigenvalue weighted by Gasteiger charge is 2.21. The monoisotopic (exact) mass is 323 g/mol. The van der Waals surface area contributed by atoms with E-state index in [1.165, 1.54) is 11.3 Å². The third-order valence-corrected chi connectivity index (χ3v) is 5.52. The average molecular weight is 323 g/mol. The molecule has 0 spiro atoms. The van der Waals surface area contributed by atoms with Crippen LogP contribution in [0.4, 0.5) is 0 Å². The van der Waals surface area contributed by atoms with Gasteiger partial charge < -0.3 is 9.84 Å². The number of amides is 1. The van der Waals surface area contributed by atoms with Crippen molar-refractivity contribution in [2.45, 2.75) is 32.2 Å². The number of hydrogen-bond acceptors (Lipinski definition) is 6. The van der Waals surface area contributed by atoms with Gasteiger partial charge in [-0.25, -0.2) is 0 Å². The van der Waals surface area contributed by atoms with Gasteiger partial charge in [-0.05, 0) is 48.3 Å². The van der Waals surface area contributed by atoms with Crippen LogP contribution in [0.3, 0.4) is 0 Å². The van der Waals surface area contributed by atoms with E-state index in [2.05, 4.69) is 15.5 Å². The number of rotatable bonds is 4. The molecule has 112 valence electrons. The topological polar surface area (TPSA) is 68.0 Å². The maximum Gasteiger partial charge on any atom is 0.261 e. The molecule has 21 heavy (non-hydrogen) atoms. The number of aryl methyl sites for hydroxylation is 1. The van der Waals surface area contributed by atoms with Crippen LogP contribution in [0.15, 0.2) is 16.0 Å². The molecule has 0 atom stereocenters. The molecule has 1 N–H and O–H groups in total. The number of thioether (sulfide) groups is 1. The van der Waals surface area contributed by atoms with Crippen molar-refractivity contribution < 1.29 is 9.32 Å². The molecule has 0 bridgehead atoms. The lowest BCUT2D eigenvalue weighted by Gasteiger charge is -2.17. The van der Waals surface area contributed by atoms with E-state index in [1.807, 2.05) is 30.1 Å². The van der Waals surface area contributed by atoms with Gasteiger partial charge in [-0.3, -0.25) is 4.79 Å². The second-order valence-electron chi connectivity index (χ2n) is 5.10. The van der Waals surface area contributed by atoms with E-state index in [0.717, 1.165) is 35.7 Å². The molecule has 0 unspecified atom stereocenters. The molecule has 0 saturated carbocycles. The van der Waals surface area contributed by atoms with Crippen LogP contribution in [0, 0.1) is 6.92 Å². The quantitative estimate of drug-likeness (QED) is 0.937. The summed E-state index contributed by atoms with van der Waals surface area (Å²) in [5.41, 5.74) is 1.10. The smallest absolute Gasteiger partial charge is 0.261 e. The number of thiophene rings is 1. The Kier molecular flexibility index (Phi) is 4.60. The van der Waals surface area contributed by atoms with Crippen LogP contribution in [-0.2, 0) is 6.54 Å². The Bertz CT molecular complexity index is 617. The van der Waals surface area contributed by atoms with Gasteiger partial charge >= 0.3 is 0 Å². The van der Waals surface area contributed by atoms with Crippen molar-refractivity contribution in [2.24, 2.45) is 0 Å². The van der Waals surface area contributed by atoms with Gasteiger partial charge in [-0.2, -0.15) is 16.7 Å². The first-order valence-electron chi connectivity index (χ1n) is 6.96. The van der Waals surface area contributed by atoms with Crippen LogP contribution in [-0.4, -0.2) is 27.6 Å². The second-order valence-corrected chi connectivity index (χ2v) is 7.24. The van der Waals surface area contributed by atoms with Gasteiger partial charge in [0.2, 0.25) is 5.89 Å². The largest absolute Gasteiger partial charge is 0.342 e. The van der Waals surface area contributed by atoms with Crippen LogP contribution in [0.25, 0.3) is 0 Å². The summed E-state index contributed by atoms with van der Waals surface area (Å²) < 4.78 is 5.23. The molecule has 1 saturated heterocycles. The molecule has 2 aromatic heterocycles. The first kappa shape index (κ1) is 14.6. The van der Waals surface area contributed by atoms with Crippen molar-refractivity contribution >= 4 is 29.0 Å². The van der Waals surface area contributed by atoms with Gasteiger partial charge in [0.05, 0.1) is 11.4 Å². The molecule has 3 heterocycles. The normalized spacial score (nSPS) is 16.0. The molecule has 0 aliphatic carbocycles. The predicted molar refractivity (Wildman–Crippen MR) is 83.8 cm³/mol. The number of nitrogens with zero attached hydrogens (tertiary/aromatic N) is 2. The minimum absolute atomic E-state index is 0.0954. The van der Waals surface area contributed by atoms with Gasteiger partial charge in [0.1, 0.15) is 0 Å². The molecule has 1 amide bonds. The SMILES string of the molecule is Cc1csc(C(=O)NCc2nc(C3CCSCC3)no2)c1. The lowest BCUT2D eigenvalue weighted by atomic mass is 10.0. The zero-order chi connectivity index (χ0) is 14.7. The van der Waals surface area contributed by atoms with Gasteiger partial charge in [0, 0.05) is 5.92 Å². The molecule has 5 nitrogen and oxygen atoms in total. The summed E-state index contributed by atoms with van der Waals surface area (Å²) in [6.45, 7) is 2.25. The number of nitrogens with one attached hydrogen (secondary N) is 1. The van der Waals surface area contributed by atoms with E-state index in [0.29, 0.717) is 16.7 Å². The van der Waals surface area contributed by atoms with Crippen LogP contribution >= 0.6 is 23.1 Å². The van der Waals surface area contributed by atoms with Crippen molar-refractivity contribution in [1.82, 2.24) is 15.5 Å². The molecule has 1 aliphatic heterocycles. The molecular formula is C14H17N3O2S2. The first-order chi connectivity index (χ1) is 10.2. The number of aromatic nitrogens is 2. The van der Waals surface area contributed by atoms with E-state index in [1.54, 1.807) is 0 Å². The minimum atomic E-state index is -0.0954. The van der Waals surface area contributed by atoms with Gasteiger partial charge in [-0.15, -0.1) is 11.3 Å². The Labute approximate surface area is 131 Å². The van der Waals surface area contributed by atoms with Crippen LogP contribution in [0.5, 0.6) is 0 Å². The summed E-state index contributed by atoms with van der Waals surface area (Å²) in [6, 6.07) is 1.87. The van der Waals surface area contributed by atoms with Gasteiger partial charge in [0.15, 0.2) is 5.82 Å². The Morgan fingerprint density at radius 3 is 3.00 bits per heavy atom. The summed E-state index contributed by atoms with van der Waals surface area (Å²) in [5.74, 6) is 3.88. The van der Waals surface area contributed by atoms with Crippen LogP contribution in [0.1, 0.15) is 45.7 Å². The third kappa shape index (κ3) is 3.65. The second kappa shape index (κ2) is 6.62. The fourth-order valence-electron chi connectivity index (χ4n) is 2.25. The predicted octanol–water partition coefficient (Wildman–Crippen LogP) is 2.98. The molecule has 1 aliphatic rings. The highest BCUT2D eigenvalue weighted by Crippen LogP contribution is 2.29. The lowest BCUT2D eigenvalue weighted by Crippen LogP contribution is -2.22. The Balaban J connectivity index is 1.56. The Morgan fingerprint density at radius 2 is 2.29 bits per heavy atom. The number of hydrogen-bond donors (Lipinski definition) is 1. The molecule has 7 heteroatoms. The standard InChI is InChI=1S/C14H17N3O2S2/c1-9-6-11(21-8-9)14(18)15-7-12-16-13(17-19-12)10-2-4-20-5-3-10/h6,8,10H,2-5,7H2,1H3,(H,15,18). The third-order valence-electron chi connectivity index (χ3n) is 3.42. The maximum absolute atomic E-state index is 11.9. The van der Waals surface area contributed by atoms with Crippen molar-refractivity contribution in [3.05, 3.63) is 33.6 Å². The van der Waals surface area contributed by atoms with E-state index in [4.69, 9.17) is 4.52 Å². The van der Waals surface area contributed by atoms with E-state index in [-0.39, 0.29) is 12.5 Å². The highest BCUT2D eigenvalue weighted by atomic mass is 32.2. The molecular weight excluding hydrogens is 306 g/mol. The zero-order valence-corrected chi connectivity index (χ0v) is 13.4.